The van der Waals surface area contributed by atoms with E-state index in [1.807, 2.05) is 54.6 Å². The van der Waals surface area contributed by atoms with Crippen LogP contribution in [0.5, 0.6) is 5.75 Å². The second kappa shape index (κ2) is 10.9. The third-order valence-electron chi connectivity index (χ3n) is 3.98. The summed E-state index contributed by atoms with van der Waals surface area (Å²) in [6, 6.07) is 17.4. The summed E-state index contributed by atoms with van der Waals surface area (Å²) in [5.41, 5.74) is 5.48. The summed E-state index contributed by atoms with van der Waals surface area (Å²) in [6.45, 7) is 2.33. The third kappa shape index (κ3) is 6.59. The number of carbonyl (C=O) groups is 1. The Hall–Kier alpha value is -2.82. The minimum absolute atomic E-state index is 0.160. The lowest BCUT2D eigenvalue weighted by molar-refractivity contribution is -0.119. The van der Waals surface area contributed by atoms with Crippen molar-refractivity contribution in [3.8, 4) is 5.75 Å². The summed E-state index contributed by atoms with van der Waals surface area (Å²) in [7, 11) is 1.62. The fourth-order valence-corrected chi connectivity index (χ4v) is 2.50. The summed E-state index contributed by atoms with van der Waals surface area (Å²) in [5, 5.41) is 7.44. The van der Waals surface area contributed by atoms with Crippen LogP contribution in [0.3, 0.4) is 0 Å². The number of unbranched alkanes of at least 4 members (excludes halogenated alkanes) is 2. The monoisotopic (exact) mass is 353 g/mol. The van der Waals surface area contributed by atoms with E-state index in [4.69, 9.17) is 4.74 Å². The zero-order valence-corrected chi connectivity index (χ0v) is 15.5. The van der Waals surface area contributed by atoms with Gasteiger partial charge in [0.2, 0.25) is 0 Å². The fraction of sp³-hybridized carbons (Fsp3) is 0.333. The molecule has 26 heavy (non-hydrogen) atoms. The normalized spacial score (nSPS) is 11.1. The molecule has 2 aromatic rings. The SMILES string of the molecule is CCCCCC(=NNC(=O)CNc1ccc(OC)cc1)c1ccccc1. The molecule has 0 radical (unpaired) electrons. The van der Waals surface area contributed by atoms with Crippen LogP contribution in [-0.2, 0) is 4.79 Å². The zero-order chi connectivity index (χ0) is 18.6. The Balaban J connectivity index is 1.90. The van der Waals surface area contributed by atoms with Crippen LogP contribution in [0.2, 0.25) is 0 Å². The number of amides is 1. The Bertz CT molecular complexity index is 697. The Labute approximate surface area is 155 Å². The summed E-state index contributed by atoms with van der Waals surface area (Å²) < 4.78 is 5.12. The van der Waals surface area contributed by atoms with Gasteiger partial charge in [-0.3, -0.25) is 4.79 Å². The lowest BCUT2D eigenvalue weighted by Gasteiger charge is -2.09. The van der Waals surface area contributed by atoms with E-state index in [2.05, 4.69) is 22.8 Å². The first-order chi connectivity index (χ1) is 12.7. The summed E-state index contributed by atoms with van der Waals surface area (Å²) in [6.07, 6.45) is 4.22. The number of hydrazone groups is 1. The number of benzene rings is 2. The van der Waals surface area contributed by atoms with E-state index in [9.17, 15) is 4.79 Å². The second-order valence-corrected chi connectivity index (χ2v) is 6.00. The molecule has 5 nitrogen and oxygen atoms in total. The van der Waals surface area contributed by atoms with Gasteiger partial charge in [-0.05, 0) is 42.7 Å². The lowest BCUT2D eigenvalue weighted by atomic mass is 10.0. The lowest BCUT2D eigenvalue weighted by Crippen LogP contribution is -2.27. The maximum Gasteiger partial charge on any atom is 0.259 e. The molecule has 0 aliphatic carbocycles. The Morgan fingerprint density at radius 2 is 1.77 bits per heavy atom. The number of nitrogens with one attached hydrogen (secondary N) is 2. The van der Waals surface area contributed by atoms with Crippen LogP contribution >= 0.6 is 0 Å². The van der Waals surface area contributed by atoms with E-state index in [0.717, 1.165) is 48.4 Å². The van der Waals surface area contributed by atoms with Crippen molar-refractivity contribution in [2.45, 2.75) is 32.6 Å². The Kier molecular flexibility index (Phi) is 8.19. The molecule has 0 heterocycles. The number of anilines is 1. The highest BCUT2D eigenvalue weighted by molar-refractivity contribution is 6.01. The zero-order valence-electron chi connectivity index (χ0n) is 15.5. The van der Waals surface area contributed by atoms with E-state index in [1.165, 1.54) is 0 Å². The highest BCUT2D eigenvalue weighted by Gasteiger charge is 2.05. The molecular weight excluding hydrogens is 326 g/mol. The van der Waals surface area contributed by atoms with Crippen LogP contribution in [0.25, 0.3) is 0 Å². The van der Waals surface area contributed by atoms with Crippen LogP contribution in [0.4, 0.5) is 5.69 Å². The maximum absolute atomic E-state index is 12.1. The van der Waals surface area contributed by atoms with E-state index < -0.39 is 0 Å². The van der Waals surface area contributed by atoms with Crippen LogP contribution < -0.4 is 15.5 Å². The predicted octanol–water partition coefficient (Wildman–Crippen LogP) is 4.21. The number of nitrogens with zero attached hydrogens (tertiary/aromatic N) is 1. The molecular formula is C21H27N3O2. The van der Waals surface area contributed by atoms with Crippen molar-refractivity contribution in [2.75, 3.05) is 19.0 Å². The molecule has 0 bridgehead atoms. The van der Waals surface area contributed by atoms with E-state index in [0.29, 0.717) is 0 Å². The van der Waals surface area contributed by atoms with Gasteiger partial charge in [-0.1, -0.05) is 50.1 Å². The minimum atomic E-state index is -0.176. The van der Waals surface area contributed by atoms with Gasteiger partial charge < -0.3 is 10.1 Å². The number of hydrogen-bond donors (Lipinski definition) is 2. The van der Waals surface area contributed by atoms with Gasteiger partial charge in [-0.15, -0.1) is 0 Å². The predicted molar refractivity (Wildman–Crippen MR) is 107 cm³/mol. The third-order valence-corrected chi connectivity index (χ3v) is 3.98. The standard InChI is InChI=1S/C21H27N3O2/c1-3-4-6-11-20(17-9-7-5-8-10-17)23-24-21(25)16-22-18-12-14-19(26-2)15-13-18/h5,7-10,12-15,22H,3-4,6,11,16H2,1-2H3,(H,24,25). The molecule has 2 rings (SSSR count). The minimum Gasteiger partial charge on any atom is -0.497 e. The number of carbonyl (C=O) groups excluding carboxylic acids is 1. The number of hydrogen-bond acceptors (Lipinski definition) is 4. The van der Waals surface area contributed by atoms with Crippen molar-refractivity contribution < 1.29 is 9.53 Å². The van der Waals surface area contributed by atoms with Crippen molar-refractivity contribution in [1.82, 2.24) is 5.43 Å². The van der Waals surface area contributed by atoms with Gasteiger partial charge in [0.1, 0.15) is 5.75 Å². The molecule has 0 unspecified atom stereocenters. The van der Waals surface area contributed by atoms with Gasteiger partial charge in [-0.25, -0.2) is 5.43 Å². The van der Waals surface area contributed by atoms with Crippen LogP contribution in [0.15, 0.2) is 59.7 Å². The number of methoxy groups -OCH3 is 1. The van der Waals surface area contributed by atoms with Crippen LogP contribution in [-0.4, -0.2) is 25.3 Å². The Morgan fingerprint density at radius 3 is 2.42 bits per heavy atom. The van der Waals surface area contributed by atoms with Crippen molar-refractivity contribution in [1.29, 1.82) is 0 Å². The van der Waals surface area contributed by atoms with Gasteiger partial charge in [0.25, 0.3) is 5.91 Å². The summed E-state index contributed by atoms with van der Waals surface area (Å²) in [4.78, 5) is 12.1. The van der Waals surface area contributed by atoms with E-state index in [1.54, 1.807) is 7.11 Å². The first-order valence-electron chi connectivity index (χ1n) is 9.01. The molecule has 0 spiro atoms. The fourth-order valence-electron chi connectivity index (χ4n) is 2.50. The number of rotatable bonds is 10. The second-order valence-electron chi connectivity index (χ2n) is 6.00. The quantitative estimate of drug-likeness (QED) is 0.382. The highest BCUT2D eigenvalue weighted by Crippen LogP contribution is 2.14. The summed E-state index contributed by atoms with van der Waals surface area (Å²) in [5.74, 6) is 0.605. The van der Waals surface area contributed by atoms with Gasteiger partial charge in [0, 0.05) is 5.69 Å². The van der Waals surface area contributed by atoms with Crippen molar-refractivity contribution in [3.05, 3.63) is 60.2 Å². The summed E-state index contributed by atoms with van der Waals surface area (Å²) >= 11 is 0. The van der Waals surface area contributed by atoms with Crippen molar-refractivity contribution >= 4 is 17.3 Å². The van der Waals surface area contributed by atoms with Crippen LogP contribution in [0.1, 0.15) is 38.2 Å². The molecule has 2 N–H and O–H groups in total. The number of ether oxygens (including phenoxy) is 1. The van der Waals surface area contributed by atoms with Gasteiger partial charge in [0.15, 0.2) is 0 Å². The average molecular weight is 353 g/mol. The first-order valence-corrected chi connectivity index (χ1v) is 9.01. The molecule has 0 fully saturated rings. The molecule has 2 aromatic carbocycles. The van der Waals surface area contributed by atoms with Gasteiger partial charge >= 0.3 is 0 Å². The van der Waals surface area contributed by atoms with Crippen molar-refractivity contribution in [2.24, 2.45) is 5.10 Å². The molecule has 0 saturated heterocycles. The largest absolute Gasteiger partial charge is 0.497 e. The van der Waals surface area contributed by atoms with Gasteiger partial charge in [-0.2, -0.15) is 5.10 Å². The molecule has 0 aliphatic heterocycles. The Morgan fingerprint density at radius 1 is 1.04 bits per heavy atom. The first kappa shape index (κ1) is 19.5. The average Bonchev–Trinajstić information content (AvgIpc) is 2.70. The van der Waals surface area contributed by atoms with Crippen molar-refractivity contribution in [3.63, 3.8) is 0 Å². The molecule has 0 atom stereocenters. The van der Waals surface area contributed by atoms with E-state index in [-0.39, 0.29) is 12.5 Å². The van der Waals surface area contributed by atoms with Gasteiger partial charge in [0.05, 0.1) is 19.4 Å². The van der Waals surface area contributed by atoms with E-state index >= 15 is 0 Å². The molecule has 0 saturated carbocycles. The molecule has 1 amide bonds. The highest BCUT2D eigenvalue weighted by atomic mass is 16.5. The maximum atomic E-state index is 12.1. The smallest absolute Gasteiger partial charge is 0.259 e. The molecule has 5 heteroatoms. The molecule has 0 aliphatic rings. The topological polar surface area (TPSA) is 62.7 Å². The molecule has 0 aromatic heterocycles. The molecule has 138 valence electrons. The van der Waals surface area contributed by atoms with Crippen LogP contribution in [0, 0.1) is 0 Å².